The maximum absolute atomic E-state index is 13.6. The van der Waals surface area contributed by atoms with Gasteiger partial charge in [-0.15, -0.1) is 0 Å². The van der Waals surface area contributed by atoms with Crippen LogP contribution in [0.1, 0.15) is 17.5 Å². The van der Waals surface area contributed by atoms with Crippen molar-refractivity contribution in [1.82, 2.24) is 4.90 Å². The topological polar surface area (TPSA) is 66.5 Å². The predicted octanol–water partition coefficient (Wildman–Crippen LogP) is 3.60. The molecule has 3 amide bonds. The number of imide groups is 1. The lowest BCUT2D eigenvalue weighted by atomic mass is 9.63. The van der Waals surface area contributed by atoms with Crippen LogP contribution in [-0.4, -0.2) is 28.7 Å². The monoisotopic (exact) mass is 426 g/mol. The number of nitrogens with zero attached hydrogens (tertiary/aromatic N) is 1. The first-order valence-electron chi connectivity index (χ1n) is 11.5. The molecule has 1 N–H and O–H groups in total. The maximum Gasteiger partial charge on any atom is 0.248 e. The van der Waals surface area contributed by atoms with E-state index in [1.807, 2.05) is 61.5 Å². The molecule has 2 saturated carbocycles. The highest BCUT2D eigenvalue weighted by Crippen LogP contribution is 2.65. The summed E-state index contributed by atoms with van der Waals surface area (Å²) in [4.78, 5) is 42.0. The van der Waals surface area contributed by atoms with Crippen LogP contribution in [0.3, 0.4) is 0 Å². The molecule has 7 atom stereocenters. The van der Waals surface area contributed by atoms with Gasteiger partial charge in [0.15, 0.2) is 0 Å². The van der Waals surface area contributed by atoms with Crippen molar-refractivity contribution in [3.05, 3.63) is 77.9 Å². The Bertz CT molecular complexity index is 1090. The van der Waals surface area contributed by atoms with Crippen molar-refractivity contribution >= 4 is 23.4 Å². The molecule has 2 bridgehead atoms. The van der Waals surface area contributed by atoms with Crippen LogP contribution in [0.5, 0.6) is 0 Å². The van der Waals surface area contributed by atoms with Crippen molar-refractivity contribution in [2.75, 3.05) is 5.32 Å². The van der Waals surface area contributed by atoms with Gasteiger partial charge in [-0.3, -0.25) is 19.3 Å². The van der Waals surface area contributed by atoms with Crippen LogP contribution in [0, 0.1) is 42.4 Å². The van der Waals surface area contributed by atoms with Gasteiger partial charge in [0, 0.05) is 12.1 Å². The fourth-order valence-corrected chi connectivity index (χ4v) is 6.29. The molecule has 2 aromatic carbocycles. The average Bonchev–Trinajstić information content (AvgIpc) is 3.58. The van der Waals surface area contributed by atoms with E-state index in [9.17, 15) is 14.4 Å². The molecule has 0 aromatic heterocycles. The number of amides is 3. The Morgan fingerprint density at radius 2 is 1.53 bits per heavy atom. The molecule has 0 radical (unpaired) electrons. The van der Waals surface area contributed by atoms with Crippen LogP contribution in [-0.2, 0) is 20.8 Å². The van der Waals surface area contributed by atoms with E-state index in [1.165, 1.54) is 4.90 Å². The molecule has 1 heterocycles. The van der Waals surface area contributed by atoms with Crippen molar-refractivity contribution in [2.24, 2.45) is 35.5 Å². The van der Waals surface area contributed by atoms with Gasteiger partial charge in [-0.25, -0.2) is 0 Å². The number of hydrogen-bond donors (Lipinski definition) is 1. The van der Waals surface area contributed by atoms with Gasteiger partial charge in [-0.2, -0.15) is 0 Å². The van der Waals surface area contributed by atoms with Gasteiger partial charge < -0.3 is 5.32 Å². The average molecular weight is 427 g/mol. The van der Waals surface area contributed by atoms with Crippen LogP contribution >= 0.6 is 0 Å². The number of aryl methyl sites for hydroxylation is 1. The van der Waals surface area contributed by atoms with Gasteiger partial charge in [-0.05, 0) is 54.7 Å². The second-order valence-corrected chi connectivity index (χ2v) is 9.76. The lowest BCUT2D eigenvalue weighted by Crippen LogP contribution is -2.49. The number of anilines is 1. The first kappa shape index (κ1) is 19.5. The van der Waals surface area contributed by atoms with Crippen LogP contribution in [0.2, 0.25) is 0 Å². The molecule has 4 aliphatic carbocycles. The third-order valence-electron chi connectivity index (χ3n) is 7.90. The molecular weight excluding hydrogens is 400 g/mol. The summed E-state index contributed by atoms with van der Waals surface area (Å²) >= 11 is 0. The highest BCUT2D eigenvalue weighted by atomic mass is 16.2. The van der Waals surface area contributed by atoms with Gasteiger partial charge in [-0.1, -0.05) is 60.2 Å². The third-order valence-corrected chi connectivity index (χ3v) is 7.90. The number of rotatable bonds is 5. The van der Waals surface area contributed by atoms with Crippen molar-refractivity contribution in [3.8, 4) is 0 Å². The molecule has 5 heteroatoms. The van der Waals surface area contributed by atoms with Crippen LogP contribution in [0.15, 0.2) is 66.7 Å². The SMILES string of the molecule is Cc1ccc(NC(=O)[C@@H](Cc2ccccc2)N2C(=O)[C@H]3[C@@H]4C=C[C@H]([C@H]5C[C@H]45)[C@@H]3C2=O)cc1. The molecular formula is C27H26N2O3. The van der Waals surface area contributed by atoms with Gasteiger partial charge in [0.1, 0.15) is 6.04 Å². The molecule has 3 fully saturated rings. The summed E-state index contributed by atoms with van der Waals surface area (Å²) in [7, 11) is 0. The van der Waals surface area contributed by atoms with Crippen molar-refractivity contribution in [2.45, 2.75) is 25.8 Å². The number of hydrogen-bond acceptors (Lipinski definition) is 3. The second kappa shape index (κ2) is 7.16. The second-order valence-electron chi connectivity index (χ2n) is 9.76. The van der Waals surface area contributed by atoms with Crippen molar-refractivity contribution in [1.29, 1.82) is 0 Å². The number of allylic oxidation sites excluding steroid dienone is 2. The van der Waals surface area contributed by atoms with Gasteiger partial charge in [0.05, 0.1) is 11.8 Å². The Labute approximate surface area is 187 Å². The molecule has 32 heavy (non-hydrogen) atoms. The van der Waals surface area contributed by atoms with E-state index >= 15 is 0 Å². The lowest BCUT2D eigenvalue weighted by molar-refractivity contribution is -0.146. The maximum atomic E-state index is 13.6. The minimum Gasteiger partial charge on any atom is -0.324 e. The number of likely N-dealkylation sites (tertiary alicyclic amines) is 1. The first-order chi connectivity index (χ1) is 15.5. The molecule has 7 rings (SSSR count). The zero-order valence-electron chi connectivity index (χ0n) is 18.0. The largest absolute Gasteiger partial charge is 0.324 e. The summed E-state index contributed by atoms with van der Waals surface area (Å²) < 4.78 is 0. The quantitative estimate of drug-likeness (QED) is 0.587. The summed E-state index contributed by atoms with van der Waals surface area (Å²) in [5.74, 6) is 0.132. The summed E-state index contributed by atoms with van der Waals surface area (Å²) in [6.45, 7) is 1.99. The number of carbonyl (C=O) groups excluding carboxylic acids is 3. The van der Waals surface area contributed by atoms with Crippen LogP contribution in [0.4, 0.5) is 5.69 Å². The van der Waals surface area contributed by atoms with Crippen LogP contribution < -0.4 is 5.32 Å². The standard InChI is InChI=1S/C27H26N2O3/c1-15-7-9-17(10-8-15)28-25(30)22(13-16-5-3-2-4-6-16)29-26(31)23-18-11-12-19(21-14-20(18)21)24(23)27(29)32/h2-12,18-24H,13-14H2,1H3,(H,28,30)/t18-,19-,20-,21-,22-,23+,24+/m1/s1. The van der Waals surface area contributed by atoms with Crippen LogP contribution in [0.25, 0.3) is 0 Å². The Hall–Kier alpha value is -3.21. The molecule has 5 nitrogen and oxygen atoms in total. The number of carbonyl (C=O) groups is 3. The summed E-state index contributed by atoms with van der Waals surface area (Å²) in [6, 6.07) is 16.3. The normalized spacial score (nSPS) is 32.5. The fraction of sp³-hybridized carbons (Fsp3) is 0.370. The summed E-state index contributed by atoms with van der Waals surface area (Å²) in [6.07, 6.45) is 5.75. The number of nitrogens with one attached hydrogen (secondary N) is 1. The Morgan fingerprint density at radius 3 is 2.12 bits per heavy atom. The van der Waals surface area contributed by atoms with E-state index in [4.69, 9.17) is 0 Å². The predicted molar refractivity (Wildman–Crippen MR) is 120 cm³/mol. The molecule has 1 saturated heterocycles. The summed E-state index contributed by atoms with van der Waals surface area (Å²) in [5.41, 5.74) is 2.69. The fourth-order valence-electron chi connectivity index (χ4n) is 6.29. The molecule has 2 aromatic rings. The molecule has 162 valence electrons. The minimum atomic E-state index is -0.861. The lowest BCUT2D eigenvalue weighted by Gasteiger charge is -2.37. The first-order valence-corrected chi connectivity index (χ1v) is 11.5. The molecule has 1 aliphatic heterocycles. The van der Waals surface area contributed by atoms with Crippen molar-refractivity contribution < 1.29 is 14.4 Å². The Kier molecular flexibility index (Phi) is 4.36. The summed E-state index contributed by atoms with van der Waals surface area (Å²) in [5, 5.41) is 2.94. The Balaban J connectivity index is 1.33. The zero-order valence-corrected chi connectivity index (χ0v) is 18.0. The van der Waals surface area contributed by atoms with Gasteiger partial charge in [0.2, 0.25) is 17.7 Å². The molecule has 5 aliphatic rings. The van der Waals surface area contributed by atoms with Gasteiger partial charge in [0.25, 0.3) is 0 Å². The third kappa shape index (κ3) is 2.94. The molecule has 0 unspecified atom stereocenters. The van der Waals surface area contributed by atoms with E-state index in [0.717, 1.165) is 17.5 Å². The van der Waals surface area contributed by atoms with E-state index < -0.39 is 6.04 Å². The van der Waals surface area contributed by atoms with E-state index in [0.29, 0.717) is 23.9 Å². The van der Waals surface area contributed by atoms with E-state index in [1.54, 1.807) is 0 Å². The number of benzene rings is 2. The smallest absolute Gasteiger partial charge is 0.248 e. The highest BCUT2D eigenvalue weighted by molar-refractivity contribution is 6.10. The van der Waals surface area contributed by atoms with E-state index in [-0.39, 0.29) is 41.4 Å². The minimum absolute atomic E-state index is 0.147. The van der Waals surface area contributed by atoms with Crippen molar-refractivity contribution in [3.63, 3.8) is 0 Å². The highest BCUT2D eigenvalue weighted by Gasteiger charge is 2.67. The molecule has 0 spiro atoms. The zero-order chi connectivity index (χ0) is 22.0. The Morgan fingerprint density at radius 1 is 0.938 bits per heavy atom. The van der Waals surface area contributed by atoms with E-state index in [2.05, 4.69) is 17.5 Å². The van der Waals surface area contributed by atoms with Gasteiger partial charge >= 0.3 is 0 Å².